The van der Waals surface area contributed by atoms with Crippen LogP contribution in [0.25, 0.3) is 0 Å². The van der Waals surface area contributed by atoms with Crippen molar-refractivity contribution < 1.29 is 4.74 Å². The van der Waals surface area contributed by atoms with Gasteiger partial charge in [-0.2, -0.15) is 0 Å². The van der Waals surface area contributed by atoms with Crippen molar-refractivity contribution in [1.82, 2.24) is 4.98 Å². The maximum absolute atomic E-state index is 5.79. The van der Waals surface area contributed by atoms with Crippen molar-refractivity contribution in [3.8, 4) is 0 Å². The summed E-state index contributed by atoms with van der Waals surface area (Å²) in [5, 5.41) is 0. The number of hydrogen-bond acceptors (Lipinski definition) is 3. The first kappa shape index (κ1) is 11.7. The van der Waals surface area contributed by atoms with Gasteiger partial charge in [-0.05, 0) is 25.5 Å². The lowest BCUT2D eigenvalue weighted by atomic mass is 10.2. The van der Waals surface area contributed by atoms with Crippen molar-refractivity contribution in [1.29, 1.82) is 0 Å². The summed E-state index contributed by atoms with van der Waals surface area (Å²) >= 11 is 5.79. The van der Waals surface area contributed by atoms with Crippen molar-refractivity contribution in [2.45, 2.75) is 25.3 Å². The van der Waals surface area contributed by atoms with E-state index in [-0.39, 0.29) is 6.10 Å². The van der Waals surface area contributed by atoms with Crippen LogP contribution in [0.4, 0.5) is 5.69 Å². The number of anilines is 1. The molecule has 1 unspecified atom stereocenters. The molecule has 0 radical (unpaired) electrons. The molecular formula is C12H17ClN2O. The molecule has 1 atom stereocenters. The van der Waals surface area contributed by atoms with Crippen LogP contribution in [0.15, 0.2) is 18.3 Å². The molecule has 2 heterocycles. The van der Waals surface area contributed by atoms with E-state index in [1.165, 1.54) is 5.69 Å². The van der Waals surface area contributed by atoms with Crippen LogP contribution in [0, 0.1) is 0 Å². The summed E-state index contributed by atoms with van der Waals surface area (Å²) in [6.07, 6.45) is 3.18. The van der Waals surface area contributed by atoms with Gasteiger partial charge in [-0.3, -0.25) is 4.98 Å². The van der Waals surface area contributed by atoms with Gasteiger partial charge in [-0.25, -0.2) is 0 Å². The number of pyridine rings is 1. The molecule has 2 rings (SSSR count). The number of alkyl halides is 1. The van der Waals surface area contributed by atoms with E-state index in [0.717, 1.165) is 31.8 Å². The van der Waals surface area contributed by atoms with Crippen molar-refractivity contribution in [3.63, 3.8) is 0 Å². The van der Waals surface area contributed by atoms with Crippen LogP contribution in [-0.2, 0) is 10.6 Å². The van der Waals surface area contributed by atoms with E-state index >= 15 is 0 Å². The second-order valence-corrected chi connectivity index (χ2v) is 4.39. The highest BCUT2D eigenvalue weighted by molar-refractivity contribution is 6.16. The molecule has 1 aliphatic rings. The van der Waals surface area contributed by atoms with Gasteiger partial charge < -0.3 is 9.64 Å². The summed E-state index contributed by atoms with van der Waals surface area (Å²) in [5.41, 5.74) is 2.12. The summed E-state index contributed by atoms with van der Waals surface area (Å²) in [6.45, 7) is 4.94. The highest BCUT2D eigenvalue weighted by Gasteiger charge is 2.15. The number of hydrogen-bond donors (Lipinski definition) is 0. The monoisotopic (exact) mass is 240 g/mol. The quantitative estimate of drug-likeness (QED) is 0.743. The zero-order valence-electron chi connectivity index (χ0n) is 9.53. The Bertz CT molecular complexity index is 346. The molecule has 88 valence electrons. The molecule has 1 aliphatic heterocycles. The molecule has 4 heteroatoms. The number of rotatable bonds is 2. The first-order valence-electron chi connectivity index (χ1n) is 5.67. The number of aromatic nitrogens is 1. The maximum atomic E-state index is 5.79. The highest BCUT2D eigenvalue weighted by Crippen LogP contribution is 2.18. The minimum absolute atomic E-state index is 0.287. The predicted octanol–water partition coefficient (Wildman–Crippen LogP) is 2.44. The predicted molar refractivity (Wildman–Crippen MR) is 66.0 cm³/mol. The van der Waals surface area contributed by atoms with Crippen LogP contribution in [0.3, 0.4) is 0 Å². The van der Waals surface area contributed by atoms with Gasteiger partial charge in [0, 0.05) is 31.6 Å². The van der Waals surface area contributed by atoms with Gasteiger partial charge in [-0.15, -0.1) is 11.6 Å². The zero-order chi connectivity index (χ0) is 11.4. The van der Waals surface area contributed by atoms with Crippen LogP contribution in [0.2, 0.25) is 0 Å². The van der Waals surface area contributed by atoms with Crippen molar-refractivity contribution in [2.24, 2.45) is 0 Å². The van der Waals surface area contributed by atoms with E-state index in [2.05, 4.69) is 22.9 Å². The second-order valence-electron chi connectivity index (χ2n) is 4.12. The van der Waals surface area contributed by atoms with E-state index in [4.69, 9.17) is 16.3 Å². The first-order chi connectivity index (χ1) is 7.79. The molecule has 0 aromatic carbocycles. The lowest BCUT2D eigenvalue weighted by Crippen LogP contribution is -2.30. The molecule has 0 N–H and O–H groups in total. The van der Waals surface area contributed by atoms with E-state index in [9.17, 15) is 0 Å². The van der Waals surface area contributed by atoms with Crippen LogP contribution in [0.1, 0.15) is 19.0 Å². The van der Waals surface area contributed by atoms with Crippen LogP contribution in [-0.4, -0.2) is 30.8 Å². The van der Waals surface area contributed by atoms with E-state index in [0.29, 0.717) is 5.88 Å². The molecular weight excluding hydrogens is 224 g/mol. The topological polar surface area (TPSA) is 25.4 Å². The SMILES string of the molecule is CC1CN(c2ccnc(CCl)c2)CCCO1. The molecule has 0 aliphatic carbocycles. The molecule has 16 heavy (non-hydrogen) atoms. The van der Waals surface area contributed by atoms with Gasteiger partial charge >= 0.3 is 0 Å². The number of halogens is 1. The Balaban J connectivity index is 2.14. The fraction of sp³-hybridized carbons (Fsp3) is 0.583. The Morgan fingerprint density at radius 1 is 1.62 bits per heavy atom. The molecule has 3 nitrogen and oxygen atoms in total. The summed E-state index contributed by atoms with van der Waals surface area (Å²) in [6, 6.07) is 4.10. The lowest BCUT2D eigenvalue weighted by molar-refractivity contribution is 0.0821. The van der Waals surface area contributed by atoms with Gasteiger partial charge in [0.2, 0.25) is 0 Å². The summed E-state index contributed by atoms with van der Waals surface area (Å²) < 4.78 is 5.63. The fourth-order valence-electron chi connectivity index (χ4n) is 1.96. The second kappa shape index (κ2) is 5.51. The molecule has 0 bridgehead atoms. The third-order valence-corrected chi connectivity index (χ3v) is 3.03. The molecule has 0 amide bonds. The van der Waals surface area contributed by atoms with E-state index < -0.39 is 0 Å². The Kier molecular flexibility index (Phi) is 4.02. The number of ether oxygens (including phenoxy) is 1. The summed E-state index contributed by atoms with van der Waals surface area (Å²) in [5.74, 6) is 0.466. The molecule has 1 fully saturated rings. The minimum atomic E-state index is 0.287. The average molecular weight is 241 g/mol. The molecule has 0 spiro atoms. The average Bonchev–Trinajstić information content (AvgIpc) is 2.54. The smallest absolute Gasteiger partial charge is 0.0721 e. The van der Waals surface area contributed by atoms with Crippen molar-refractivity contribution in [2.75, 3.05) is 24.6 Å². The molecule has 1 saturated heterocycles. The van der Waals surface area contributed by atoms with E-state index in [1.807, 2.05) is 12.3 Å². The normalized spacial score (nSPS) is 21.9. The van der Waals surface area contributed by atoms with Crippen molar-refractivity contribution >= 4 is 17.3 Å². The Morgan fingerprint density at radius 3 is 3.31 bits per heavy atom. The third kappa shape index (κ3) is 2.86. The Labute approximate surface area is 101 Å². The lowest BCUT2D eigenvalue weighted by Gasteiger charge is -2.24. The number of nitrogens with zero attached hydrogens (tertiary/aromatic N) is 2. The fourth-order valence-corrected chi connectivity index (χ4v) is 2.11. The third-order valence-electron chi connectivity index (χ3n) is 2.75. The van der Waals surface area contributed by atoms with Gasteiger partial charge in [0.15, 0.2) is 0 Å². The first-order valence-corrected chi connectivity index (χ1v) is 6.20. The highest BCUT2D eigenvalue weighted by atomic mass is 35.5. The van der Waals surface area contributed by atoms with Crippen LogP contribution in [0.5, 0.6) is 0 Å². The summed E-state index contributed by atoms with van der Waals surface area (Å²) in [4.78, 5) is 6.55. The van der Waals surface area contributed by atoms with Gasteiger partial charge in [0.05, 0.1) is 17.7 Å². The largest absolute Gasteiger partial charge is 0.377 e. The standard InChI is InChI=1S/C12H17ClN2O/c1-10-9-15(5-2-6-16-10)12-3-4-14-11(7-12)8-13/h3-4,7,10H,2,5-6,8-9H2,1H3. The molecule has 1 aromatic rings. The van der Waals surface area contributed by atoms with Gasteiger partial charge in [-0.1, -0.05) is 0 Å². The van der Waals surface area contributed by atoms with Gasteiger partial charge in [0.25, 0.3) is 0 Å². The Morgan fingerprint density at radius 2 is 2.50 bits per heavy atom. The van der Waals surface area contributed by atoms with Gasteiger partial charge in [0.1, 0.15) is 0 Å². The molecule has 0 saturated carbocycles. The maximum Gasteiger partial charge on any atom is 0.0721 e. The van der Waals surface area contributed by atoms with Crippen LogP contribution < -0.4 is 4.90 Å². The summed E-state index contributed by atoms with van der Waals surface area (Å²) in [7, 11) is 0. The Hall–Kier alpha value is -0.800. The zero-order valence-corrected chi connectivity index (χ0v) is 10.3. The minimum Gasteiger partial charge on any atom is -0.377 e. The molecule has 1 aromatic heterocycles. The van der Waals surface area contributed by atoms with E-state index in [1.54, 1.807) is 0 Å². The van der Waals surface area contributed by atoms with Crippen LogP contribution >= 0.6 is 11.6 Å². The van der Waals surface area contributed by atoms with Crippen molar-refractivity contribution in [3.05, 3.63) is 24.0 Å².